The van der Waals surface area contributed by atoms with E-state index in [9.17, 15) is 4.79 Å². The second-order valence-electron chi connectivity index (χ2n) is 3.82. The van der Waals surface area contributed by atoms with Gasteiger partial charge in [-0.2, -0.15) is 0 Å². The van der Waals surface area contributed by atoms with Gasteiger partial charge in [0.05, 0.1) is 0 Å². The van der Waals surface area contributed by atoms with Gasteiger partial charge in [-0.3, -0.25) is 4.79 Å². The molecule has 0 amide bonds. The van der Waals surface area contributed by atoms with Crippen molar-refractivity contribution < 1.29 is 9.53 Å². The third-order valence-corrected chi connectivity index (χ3v) is 2.72. The molecule has 1 aliphatic heterocycles. The lowest BCUT2D eigenvalue weighted by molar-refractivity contribution is 0.0613. The lowest BCUT2D eigenvalue weighted by Crippen LogP contribution is -2.19. The summed E-state index contributed by atoms with van der Waals surface area (Å²) in [5.74, 6) is 0.704. The lowest BCUT2D eigenvalue weighted by atomic mass is 10.0. The molecule has 0 N–H and O–H groups in total. The van der Waals surface area contributed by atoms with Crippen LogP contribution in [0, 0.1) is 5.92 Å². The fourth-order valence-electron chi connectivity index (χ4n) is 1.87. The summed E-state index contributed by atoms with van der Waals surface area (Å²) in [6.45, 7) is 2.77. The number of aromatic nitrogens is 1. The van der Waals surface area contributed by atoms with Crippen molar-refractivity contribution in [2.24, 2.45) is 5.92 Å². The zero-order chi connectivity index (χ0) is 9.80. The zero-order valence-electron chi connectivity index (χ0n) is 8.19. The van der Waals surface area contributed by atoms with Crippen molar-refractivity contribution >= 4 is 6.29 Å². The van der Waals surface area contributed by atoms with Crippen molar-refractivity contribution in [1.29, 1.82) is 0 Å². The minimum absolute atomic E-state index is 0.704. The topological polar surface area (TPSA) is 31.2 Å². The summed E-state index contributed by atoms with van der Waals surface area (Å²) in [4.78, 5) is 10.5. The van der Waals surface area contributed by atoms with Crippen LogP contribution in [-0.4, -0.2) is 24.1 Å². The van der Waals surface area contributed by atoms with Crippen molar-refractivity contribution in [3.63, 3.8) is 0 Å². The SMILES string of the molecule is O=Cc1ccn(CC2CCOCC2)c1. The van der Waals surface area contributed by atoms with E-state index in [1.807, 2.05) is 18.5 Å². The summed E-state index contributed by atoms with van der Waals surface area (Å²) >= 11 is 0. The van der Waals surface area contributed by atoms with Crippen LogP contribution in [-0.2, 0) is 11.3 Å². The van der Waals surface area contributed by atoms with Gasteiger partial charge in [0.2, 0.25) is 0 Å². The third-order valence-electron chi connectivity index (χ3n) is 2.72. The fraction of sp³-hybridized carbons (Fsp3) is 0.545. The van der Waals surface area contributed by atoms with Gasteiger partial charge in [0.15, 0.2) is 6.29 Å². The van der Waals surface area contributed by atoms with Crippen LogP contribution in [0.5, 0.6) is 0 Å². The Morgan fingerprint density at radius 3 is 2.93 bits per heavy atom. The van der Waals surface area contributed by atoms with Crippen LogP contribution in [0.2, 0.25) is 0 Å². The molecule has 0 aromatic carbocycles. The molecule has 1 aliphatic rings. The predicted molar refractivity (Wildman–Crippen MR) is 53.4 cm³/mol. The number of aldehydes is 1. The highest BCUT2D eigenvalue weighted by molar-refractivity contribution is 5.74. The Kier molecular flexibility index (Phi) is 2.99. The van der Waals surface area contributed by atoms with Crippen molar-refractivity contribution in [2.45, 2.75) is 19.4 Å². The molecule has 76 valence electrons. The van der Waals surface area contributed by atoms with Gasteiger partial charge in [-0.15, -0.1) is 0 Å². The van der Waals surface area contributed by atoms with Gasteiger partial charge in [0.25, 0.3) is 0 Å². The standard InChI is InChI=1S/C11H15NO2/c13-9-11-1-4-12(8-11)7-10-2-5-14-6-3-10/h1,4,8-10H,2-3,5-7H2. The van der Waals surface area contributed by atoms with Gasteiger partial charge >= 0.3 is 0 Å². The highest BCUT2D eigenvalue weighted by Crippen LogP contribution is 2.17. The Balaban J connectivity index is 1.92. The maximum Gasteiger partial charge on any atom is 0.151 e. The Bertz CT molecular complexity index is 300. The molecule has 0 unspecified atom stereocenters. The molecule has 0 atom stereocenters. The molecule has 0 bridgehead atoms. The normalized spacial score (nSPS) is 18.3. The van der Waals surface area contributed by atoms with E-state index < -0.39 is 0 Å². The molecule has 2 heterocycles. The van der Waals surface area contributed by atoms with Crippen molar-refractivity contribution in [1.82, 2.24) is 4.57 Å². The fourth-order valence-corrected chi connectivity index (χ4v) is 1.87. The molecule has 1 saturated heterocycles. The number of carbonyl (C=O) groups is 1. The van der Waals surface area contributed by atoms with E-state index in [-0.39, 0.29) is 0 Å². The third kappa shape index (κ3) is 2.23. The summed E-state index contributed by atoms with van der Waals surface area (Å²) in [7, 11) is 0. The molecule has 3 nitrogen and oxygen atoms in total. The van der Waals surface area contributed by atoms with Crippen molar-refractivity contribution in [3.05, 3.63) is 24.0 Å². The maximum atomic E-state index is 10.5. The average Bonchev–Trinajstić information content (AvgIpc) is 2.67. The van der Waals surface area contributed by atoms with E-state index in [0.717, 1.165) is 44.4 Å². The quantitative estimate of drug-likeness (QED) is 0.684. The predicted octanol–water partition coefficient (Wildman–Crippen LogP) is 1.73. The largest absolute Gasteiger partial charge is 0.381 e. The van der Waals surface area contributed by atoms with Gasteiger partial charge in [-0.25, -0.2) is 0 Å². The van der Waals surface area contributed by atoms with E-state index >= 15 is 0 Å². The average molecular weight is 193 g/mol. The van der Waals surface area contributed by atoms with Gasteiger partial charge < -0.3 is 9.30 Å². The second kappa shape index (κ2) is 4.42. The Morgan fingerprint density at radius 2 is 2.29 bits per heavy atom. The van der Waals surface area contributed by atoms with E-state index in [1.165, 1.54) is 0 Å². The van der Waals surface area contributed by atoms with Gasteiger partial charge in [-0.05, 0) is 24.8 Å². The molecule has 0 aliphatic carbocycles. The van der Waals surface area contributed by atoms with Gasteiger partial charge in [0, 0.05) is 37.7 Å². The Morgan fingerprint density at radius 1 is 1.50 bits per heavy atom. The van der Waals surface area contributed by atoms with E-state index in [0.29, 0.717) is 5.92 Å². The summed E-state index contributed by atoms with van der Waals surface area (Å²) in [5.41, 5.74) is 0.761. The number of hydrogen-bond donors (Lipinski definition) is 0. The molecule has 0 spiro atoms. The molecule has 14 heavy (non-hydrogen) atoms. The molecule has 3 heteroatoms. The maximum absolute atomic E-state index is 10.5. The number of hydrogen-bond acceptors (Lipinski definition) is 2. The van der Waals surface area contributed by atoms with Crippen molar-refractivity contribution in [2.75, 3.05) is 13.2 Å². The number of nitrogens with zero attached hydrogens (tertiary/aromatic N) is 1. The van der Waals surface area contributed by atoms with Crippen LogP contribution in [0.15, 0.2) is 18.5 Å². The van der Waals surface area contributed by atoms with Crippen LogP contribution in [0.25, 0.3) is 0 Å². The number of carbonyl (C=O) groups excluding carboxylic acids is 1. The van der Waals surface area contributed by atoms with E-state index in [1.54, 1.807) is 0 Å². The first-order valence-corrected chi connectivity index (χ1v) is 5.07. The highest BCUT2D eigenvalue weighted by atomic mass is 16.5. The molecular formula is C11H15NO2. The molecule has 1 aromatic heterocycles. The van der Waals surface area contributed by atoms with E-state index in [2.05, 4.69) is 4.57 Å². The first-order chi connectivity index (χ1) is 6.88. The monoisotopic (exact) mass is 193 g/mol. The van der Waals surface area contributed by atoms with E-state index in [4.69, 9.17) is 4.74 Å². The smallest absolute Gasteiger partial charge is 0.151 e. The molecule has 0 saturated carbocycles. The second-order valence-corrected chi connectivity index (χ2v) is 3.82. The van der Waals surface area contributed by atoms with Crippen LogP contribution in [0.1, 0.15) is 23.2 Å². The summed E-state index contributed by atoms with van der Waals surface area (Å²) in [5, 5.41) is 0. The minimum Gasteiger partial charge on any atom is -0.381 e. The highest BCUT2D eigenvalue weighted by Gasteiger charge is 2.13. The molecular weight excluding hydrogens is 178 g/mol. The Hall–Kier alpha value is -1.09. The molecule has 1 aromatic rings. The molecule has 1 fully saturated rings. The first-order valence-electron chi connectivity index (χ1n) is 5.07. The first kappa shape index (κ1) is 9.46. The molecule has 2 rings (SSSR count). The van der Waals surface area contributed by atoms with Crippen LogP contribution < -0.4 is 0 Å². The summed E-state index contributed by atoms with van der Waals surface area (Å²) in [6.07, 6.45) is 7.03. The van der Waals surface area contributed by atoms with Crippen LogP contribution in [0.3, 0.4) is 0 Å². The van der Waals surface area contributed by atoms with Crippen molar-refractivity contribution in [3.8, 4) is 0 Å². The van der Waals surface area contributed by atoms with Gasteiger partial charge in [0.1, 0.15) is 0 Å². The zero-order valence-corrected chi connectivity index (χ0v) is 8.19. The lowest BCUT2D eigenvalue weighted by Gasteiger charge is -2.22. The van der Waals surface area contributed by atoms with Crippen LogP contribution >= 0.6 is 0 Å². The number of ether oxygens (including phenoxy) is 1. The summed E-state index contributed by atoms with van der Waals surface area (Å²) in [6, 6.07) is 1.85. The number of rotatable bonds is 3. The minimum atomic E-state index is 0.704. The Labute approximate surface area is 83.7 Å². The van der Waals surface area contributed by atoms with Crippen LogP contribution in [0.4, 0.5) is 0 Å². The van der Waals surface area contributed by atoms with Gasteiger partial charge in [-0.1, -0.05) is 0 Å². The summed E-state index contributed by atoms with van der Waals surface area (Å²) < 4.78 is 7.40. The molecule has 0 radical (unpaired) electrons.